The summed E-state index contributed by atoms with van der Waals surface area (Å²) in [4.78, 5) is 2.23. The predicted molar refractivity (Wildman–Crippen MR) is 61.4 cm³/mol. The summed E-state index contributed by atoms with van der Waals surface area (Å²) in [5, 5.41) is 21.9. The highest BCUT2D eigenvalue weighted by Gasteiger charge is 2.39. The summed E-state index contributed by atoms with van der Waals surface area (Å²) in [5.74, 6) is 0. The number of rotatable bonds is 4. The Morgan fingerprint density at radius 1 is 1.09 bits per heavy atom. The minimum absolute atomic E-state index is 0.104. The molecule has 2 unspecified atom stereocenters. The summed E-state index contributed by atoms with van der Waals surface area (Å²) in [6, 6.07) is 0.493. The Balaban J connectivity index is 3.36. The minimum Gasteiger partial charge on any atom is -0.390 e. The van der Waals surface area contributed by atoms with Crippen LogP contribution in [-0.2, 0) is 12.4 Å². The Labute approximate surface area is 119 Å². The second-order valence-corrected chi connectivity index (χ2v) is 4.22. The molecule has 0 radical (unpaired) electrons. The average molecular weight is 329 g/mol. The van der Waals surface area contributed by atoms with E-state index in [1.54, 1.807) is 0 Å². The Bertz CT molecular complexity index is 580. The van der Waals surface area contributed by atoms with Gasteiger partial charge < -0.3 is 10.2 Å². The van der Waals surface area contributed by atoms with E-state index in [0.29, 0.717) is 0 Å². The topological polar surface area (TPSA) is 89.2 Å². The lowest BCUT2D eigenvalue weighted by Gasteiger charge is -2.22. The highest BCUT2D eigenvalue weighted by molar-refractivity contribution is 5.37. The van der Waals surface area contributed by atoms with E-state index >= 15 is 0 Å². The van der Waals surface area contributed by atoms with Gasteiger partial charge in [0.15, 0.2) is 0 Å². The molecule has 0 heterocycles. The van der Waals surface area contributed by atoms with Gasteiger partial charge in [0.2, 0.25) is 0 Å². The summed E-state index contributed by atoms with van der Waals surface area (Å²) < 4.78 is 76.1. The molecule has 11 heteroatoms. The number of alkyl halides is 6. The predicted octanol–water partition coefficient (Wildman–Crippen LogP) is 3.43. The van der Waals surface area contributed by atoms with Crippen molar-refractivity contribution in [3.8, 4) is 0 Å². The molecule has 1 aromatic carbocycles. The van der Waals surface area contributed by atoms with Gasteiger partial charge >= 0.3 is 12.4 Å². The number of benzene rings is 1. The van der Waals surface area contributed by atoms with Crippen molar-refractivity contribution in [3.63, 3.8) is 0 Å². The Morgan fingerprint density at radius 3 is 2.14 bits per heavy atom. The van der Waals surface area contributed by atoms with Crippen LogP contribution in [0.1, 0.15) is 22.8 Å². The van der Waals surface area contributed by atoms with Gasteiger partial charge in [-0.3, -0.25) is 0 Å². The van der Waals surface area contributed by atoms with Gasteiger partial charge in [-0.15, -0.1) is 0 Å². The fourth-order valence-electron chi connectivity index (χ4n) is 1.67. The molecule has 1 aromatic rings. The van der Waals surface area contributed by atoms with Crippen LogP contribution in [-0.4, -0.2) is 22.9 Å². The molecule has 0 aliphatic heterocycles. The van der Waals surface area contributed by atoms with Crippen LogP contribution >= 0.6 is 0 Å². The molecule has 0 fully saturated rings. The smallest absolute Gasteiger partial charge is 0.390 e. The molecule has 0 bridgehead atoms. The largest absolute Gasteiger partial charge is 0.416 e. The van der Waals surface area contributed by atoms with Gasteiger partial charge in [0.25, 0.3) is 0 Å². The number of nitrogens with zero attached hydrogens (tertiary/aromatic N) is 3. The molecular formula is C11H9F6N3O2. The maximum absolute atomic E-state index is 12.8. The second-order valence-electron chi connectivity index (χ2n) is 4.22. The molecule has 5 nitrogen and oxygen atoms in total. The van der Waals surface area contributed by atoms with Crippen LogP contribution in [0.15, 0.2) is 23.3 Å². The van der Waals surface area contributed by atoms with E-state index in [-0.39, 0.29) is 18.2 Å². The molecule has 2 atom stereocenters. The summed E-state index contributed by atoms with van der Waals surface area (Å²) in [6.07, 6.45) is -14.2. The van der Waals surface area contributed by atoms with Crippen LogP contribution in [0.5, 0.6) is 0 Å². The van der Waals surface area contributed by atoms with Crippen molar-refractivity contribution in [2.24, 2.45) is 5.11 Å². The molecule has 0 aromatic heterocycles. The first kappa shape index (κ1) is 18.1. The molecule has 22 heavy (non-hydrogen) atoms. The van der Waals surface area contributed by atoms with Crippen molar-refractivity contribution in [1.29, 1.82) is 0 Å². The van der Waals surface area contributed by atoms with E-state index in [1.807, 2.05) is 0 Å². The molecule has 2 N–H and O–H groups in total. The lowest BCUT2D eigenvalue weighted by molar-refractivity contribution is -0.143. The van der Waals surface area contributed by atoms with Crippen molar-refractivity contribution in [2.45, 2.75) is 24.6 Å². The third kappa shape index (κ3) is 4.26. The SMILES string of the molecule is [N-]=[N+]=NCC(O)C(O)c1cc(C(F)(F)F)ccc1C(F)(F)F. The number of azide groups is 1. The molecule has 0 spiro atoms. The molecule has 122 valence electrons. The zero-order chi connectivity index (χ0) is 17.1. The van der Waals surface area contributed by atoms with Gasteiger partial charge in [-0.25, -0.2) is 0 Å². The first-order valence-electron chi connectivity index (χ1n) is 5.63. The Morgan fingerprint density at radius 2 is 1.68 bits per heavy atom. The van der Waals surface area contributed by atoms with Crippen molar-refractivity contribution >= 4 is 0 Å². The number of hydrogen-bond donors (Lipinski definition) is 2. The fourth-order valence-corrected chi connectivity index (χ4v) is 1.67. The monoisotopic (exact) mass is 329 g/mol. The summed E-state index contributed by atoms with van der Waals surface area (Å²) in [5.41, 5.74) is 3.96. The molecule has 0 saturated carbocycles. The van der Waals surface area contributed by atoms with Gasteiger partial charge in [-0.2, -0.15) is 26.3 Å². The van der Waals surface area contributed by atoms with Gasteiger partial charge in [0.05, 0.1) is 23.8 Å². The standard InChI is InChI=1S/C11H9F6N3O2/c12-10(13,14)5-1-2-7(11(15,16)17)6(3-5)9(22)8(21)4-19-20-18/h1-3,8-9,21-22H,4H2. The van der Waals surface area contributed by atoms with Crippen molar-refractivity contribution in [3.05, 3.63) is 45.3 Å². The van der Waals surface area contributed by atoms with Crippen molar-refractivity contribution in [2.75, 3.05) is 6.54 Å². The van der Waals surface area contributed by atoms with Crippen LogP contribution < -0.4 is 0 Å². The first-order valence-corrected chi connectivity index (χ1v) is 5.63. The molecule has 0 aliphatic carbocycles. The van der Waals surface area contributed by atoms with E-state index in [1.165, 1.54) is 0 Å². The summed E-state index contributed by atoms with van der Waals surface area (Å²) >= 11 is 0. The third-order valence-electron chi connectivity index (χ3n) is 2.70. The Kier molecular flexibility index (Phi) is 5.28. The van der Waals surface area contributed by atoms with Gasteiger partial charge in [-0.1, -0.05) is 5.11 Å². The van der Waals surface area contributed by atoms with E-state index in [9.17, 15) is 36.6 Å². The van der Waals surface area contributed by atoms with E-state index in [4.69, 9.17) is 5.53 Å². The highest BCUT2D eigenvalue weighted by atomic mass is 19.4. The van der Waals surface area contributed by atoms with Crippen molar-refractivity contribution in [1.82, 2.24) is 0 Å². The number of halogens is 6. The van der Waals surface area contributed by atoms with E-state index in [0.717, 1.165) is 0 Å². The number of hydrogen-bond acceptors (Lipinski definition) is 3. The number of aliphatic hydroxyl groups is 2. The molecule has 0 amide bonds. The lowest BCUT2D eigenvalue weighted by atomic mass is 9.95. The van der Waals surface area contributed by atoms with Crippen LogP contribution in [0.4, 0.5) is 26.3 Å². The zero-order valence-electron chi connectivity index (χ0n) is 10.6. The van der Waals surface area contributed by atoms with Crippen molar-refractivity contribution < 1.29 is 36.6 Å². The zero-order valence-corrected chi connectivity index (χ0v) is 10.6. The molecule has 0 saturated heterocycles. The summed E-state index contributed by atoms with van der Waals surface area (Å²) in [7, 11) is 0. The molecular weight excluding hydrogens is 320 g/mol. The lowest BCUT2D eigenvalue weighted by Crippen LogP contribution is -2.25. The highest BCUT2D eigenvalue weighted by Crippen LogP contribution is 2.39. The Hall–Kier alpha value is -1.97. The van der Waals surface area contributed by atoms with E-state index in [2.05, 4.69) is 10.0 Å². The van der Waals surface area contributed by atoms with Crippen LogP contribution in [0.2, 0.25) is 0 Å². The van der Waals surface area contributed by atoms with Crippen LogP contribution in [0.3, 0.4) is 0 Å². The van der Waals surface area contributed by atoms with Gasteiger partial charge in [-0.05, 0) is 29.3 Å². The maximum atomic E-state index is 12.8. The van der Waals surface area contributed by atoms with E-state index < -0.39 is 47.8 Å². The maximum Gasteiger partial charge on any atom is 0.416 e. The van der Waals surface area contributed by atoms with Crippen LogP contribution in [0.25, 0.3) is 10.4 Å². The first-order chi connectivity index (χ1) is 9.98. The quantitative estimate of drug-likeness (QED) is 0.383. The second kappa shape index (κ2) is 6.42. The molecule has 1 rings (SSSR count). The minimum atomic E-state index is -5.03. The number of aliphatic hydroxyl groups excluding tert-OH is 2. The molecule has 0 aliphatic rings. The van der Waals surface area contributed by atoms with Crippen LogP contribution in [0, 0.1) is 0 Å². The van der Waals surface area contributed by atoms with Gasteiger partial charge in [0, 0.05) is 4.91 Å². The normalized spacial score (nSPS) is 15.1. The third-order valence-corrected chi connectivity index (χ3v) is 2.70. The summed E-state index contributed by atoms with van der Waals surface area (Å²) in [6.45, 7) is -0.800. The van der Waals surface area contributed by atoms with Gasteiger partial charge in [0.1, 0.15) is 6.10 Å². The average Bonchev–Trinajstić information content (AvgIpc) is 2.41. The fraction of sp³-hybridized carbons (Fsp3) is 0.455.